The zero-order valence-corrected chi connectivity index (χ0v) is 14.5. The van der Waals surface area contributed by atoms with Crippen LogP contribution in [0.3, 0.4) is 0 Å². The van der Waals surface area contributed by atoms with Crippen LogP contribution in [0.5, 0.6) is 5.88 Å². The van der Waals surface area contributed by atoms with Crippen molar-refractivity contribution in [2.24, 2.45) is 7.05 Å². The highest BCUT2D eigenvalue weighted by Gasteiger charge is 2.22. The third-order valence-corrected chi connectivity index (χ3v) is 4.68. The SMILES string of the molecule is COc1c(CNC[C@H](C)N2CCc3ccccc32)c(C)nn1C. The van der Waals surface area contributed by atoms with Crippen LogP contribution in [-0.4, -0.2) is 36.0 Å². The number of nitrogens with zero attached hydrogens (tertiary/aromatic N) is 3. The van der Waals surface area contributed by atoms with E-state index in [-0.39, 0.29) is 0 Å². The number of ether oxygens (including phenoxy) is 1. The quantitative estimate of drug-likeness (QED) is 0.888. The average molecular weight is 314 g/mol. The van der Waals surface area contributed by atoms with Gasteiger partial charge in [-0.2, -0.15) is 5.10 Å². The molecular weight excluding hydrogens is 288 g/mol. The van der Waals surface area contributed by atoms with E-state index in [1.807, 2.05) is 14.0 Å². The van der Waals surface area contributed by atoms with Gasteiger partial charge in [0.05, 0.1) is 18.4 Å². The largest absolute Gasteiger partial charge is 0.481 e. The van der Waals surface area contributed by atoms with E-state index in [2.05, 4.69) is 46.5 Å². The lowest BCUT2D eigenvalue weighted by Gasteiger charge is -2.27. The maximum absolute atomic E-state index is 5.45. The number of fused-ring (bicyclic) bond motifs is 1. The normalized spacial score (nSPS) is 14.9. The van der Waals surface area contributed by atoms with E-state index in [0.717, 1.165) is 43.2 Å². The van der Waals surface area contributed by atoms with Crippen LogP contribution < -0.4 is 15.0 Å². The average Bonchev–Trinajstić information content (AvgIpc) is 3.08. The van der Waals surface area contributed by atoms with Crippen molar-refractivity contribution in [1.82, 2.24) is 15.1 Å². The summed E-state index contributed by atoms with van der Waals surface area (Å²) < 4.78 is 7.25. The molecule has 0 radical (unpaired) electrons. The van der Waals surface area contributed by atoms with E-state index in [4.69, 9.17) is 4.74 Å². The lowest BCUT2D eigenvalue weighted by atomic mass is 10.1. The van der Waals surface area contributed by atoms with Crippen molar-refractivity contribution < 1.29 is 4.74 Å². The summed E-state index contributed by atoms with van der Waals surface area (Å²) in [6, 6.07) is 9.18. The Bertz CT molecular complexity index is 680. The second kappa shape index (κ2) is 6.62. The molecule has 0 aliphatic carbocycles. The highest BCUT2D eigenvalue weighted by molar-refractivity contribution is 5.58. The Morgan fingerprint density at radius 1 is 1.35 bits per heavy atom. The highest BCUT2D eigenvalue weighted by Crippen LogP contribution is 2.29. The molecular formula is C18H26N4O. The number of methoxy groups -OCH3 is 1. The monoisotopic (exact) mass is 314 g/mol. The van der Waals surface area contributed by atoms with Gasteiger partial charge in [-0.15, -0.1) is 0 Å². The van der Waals surface area contributed by atoms with Crippen molar-refractivity contribution in [3.05, 3.63) is 41.1 Å². The van der Waals surface area contributed by atoms with Crippen LogP contribution >= 0.6 is 0 Å². The second-order valence-corrected chi connectivity index (χ2v) is 6.25. The third-order valence-electron chi connectivity index (χ3n) is 4.68. The lowest BCUT2D eigenvalue weighted by Crippen LogP contribution is -2.39. The molecule has 124 valence electrons. The van der Waals surface area contributed by atoms with Crippen LogP contribution in [0.25, 0.3) is 0 Å². The first-order valence-electron chi connectivity index (χ1n) is 8.23. The van der Waals surface area contributed by atoms with Crippen LogP contribution in [0.15, 0.2) is 24.3 Å². The van der Waals surface area contributed by atoms with Crippen LogP contribution in [0.1, 0.15) is 23.7 Å². The fourth-order valence-corrected chi connectivity index (χ4v) is 3.48. The van der Waals surface area contributed by atoms with Crippen LogP contribution in [0.4, 0.5) is 5.69 Å². The fraction of sp³-hybridized carbons (Fsp3) is 0.500. The van der Waals surface area contributed by atoms with E-state index in [0.29, 0.717) is 6.04 Å². The van der Waals surface area contributed by atoms with Crippen molar-refractivity contribution in [1.29, 1.82) is 0 Å². The van der Waals surface area contributed by atoms with Crippen molar-refractivity contribution in [2.45, 2.75) is 32.9 Å². The van der Waals surface area contributed by atoms with Gasteiger partial charge in [0.25, 0.3) is 0 Å². The standard InChI is InChI=1S/C18H26N4O/c1-13(22-10-9-15-7-5-6-8-17(15)22)11-19-12-16-14(2)20-21(3)18(16)23-4/h5-8,13,19H,9-12H2,1-4H3/t13-/m0/s1. The first-order valence-corrected chi connectivity index (χ1v) is 8.23. The molecule has 0 saturated heterocycles. The van der Waals surface area contributed by atoms with Gasteiger partial charge in [0.1, 0.15) is 0 Å². The van der Waals surface area contributed by atoms with Crippen molar-refractivity contribution in [2.75, 3.05) is 25.1 Å². The summed E-state index contributed by atoms with van der Waals surface area (Å²) in [5.41, 5.74) is 5.01. The number of nitrogens with one attached hydrogen (secondary N) is 1. The molecule has 5 nitrogen and oxygen atoms in total. The minimum absolute atomic E-state index is 0.460. The van der Waals surface area contributed by atoms with Gasteiger partial charge in [-0.1, -0.05) is 18.2 Å². The minimum Gasteiger partial charge on any atom is -0.481 e. The molecule has 0 fully saturated rings. The maximum Gasteiger partial charge on any atom is 0.216 e. The third kappa shape index (κ3) is 3.06. The summed E-state index contributed by atoms with van der Waals surface area (Å²) in [6.07, 6.45) is 1.15. The van der Waals surface area contributed by atoms with E-state index in [1.165, 1.54) is 11.3 Å². The molecule has 3 rings (SSSR count). The molecule has 1 N–H and O–H groups in total. The van der Waals surface area contributed by atoms with Crippen LogP contribution in [-0.2, 0) is 20.0 Å². The number of aryl methyl sites for hydroxylation is 2. The number of aromatic nitrogens is 2. The van der Waals surface area contributed by atoms with Gasteiger partial charge in [-0.05, 0) is 31.9 Å². The van der Waals surface area contributed by atoms with E-state index in [9.17, 15) is 0 Å². The van der Waals surface area contributed by atoms with Crippen molar-refractivity contribution in [3.63, 3.8) is 0 Å². The van der Waals surface area contributed by atoms with Gasteiger partial charge in [0.2, 0.25) is 5.88 Å². The maximum atomic E-state index is 5.45. The van der Waals surface area contributed by atoms with E-state index in [1.54, 1.807) is 11.8 Å². The molecule has 1 aromatic carbocycles. The number of hydrogen-bond acceptors (Lipinski definition) is 4. The second-order valence-electron chi connectivity index (χ2n) is 6.25. The van der Waals surface area contributed by atoms with E-state index < -0.39 is 0 Å². The number of benzene rings is 1. The molecule has 0 saturated carbocycles. The Balaban J connectivity index is 1.60. The molecule has 5 heteroatoms. The first kappa shape index (κ1) is 15.9. The number of anilines is 1. The molecule has 2 aromatic rings. The number of hydrogen-bond donors (Lipinski definition) is 1. The van der Waals surface area contributed by atoms with Crippen LogP contribution in [0.2, 0.25) is 0 Å². The Labute approximate surface area is 138 Å². The first-order chi connectivity index (χ1) is 11.1. The molecule has 1 aromatic heterocycles. The van der Waals surface area contributed by atoms with Gasteiger partial charge in [-0.3, -0.25) is 0 Å². The fourth-order valence-electron chi connectivity index (χ4n) is 3.48. The summed E-state index contributed by atoms with van der Waals surface area (Å²) in [5.74, 6) is 0.842. The summed E-state index contributed by atoms with van der Waals surface area (Å²) >= 11 is 0. The Morgan fingerprint density at radius 2 is 2.13 bits per heavy atom. The predicted molar refractivity (Wildman–Crippen MR) is 93.2 cm³/mol. The Morgan fingerprint density at radius 3 is 2.91 bits per heavy atom. The van der Waals surface area contributed by atoms with Gasteiger partial charge >= 0.3 is 0 Å². The predicted octanol–water partition coefficient (Wildman–Crippen LogP) is 2.28. The Kier molecular flexibility index (Phi) is 4.57. The molecule has 0 bridgehead atoms. The summed E-state index contributed by atoms with van der Waals surface area (Å²) in [4.78, 5) is 2.50. The van der Waals surface area contributed by atoms with Crippen molar-refractivity contribution in [3.8, 4) is 5.88 Å². The van der Waals surface area contributed by atoms with Gasteiger partial charge < -0.3 is 15.0 Å². The zero-order valence-electron chi connectivity index (χ0n) is 14.5. The summed E-state index contributed by atoms with van der Waals surface area (Å²) in [7, 11) is 3.61. The molecule has 1 atom stereocenters. The topological polar surface area (TPSA) is 42.3 Å². The van der Waals surface area contributed by atoms with Gasteiger partial charge in [0.15, 0.2) is 0 Å². The van der Waals surface area contributed by atoms with Crippen molar-refractivity contribution >= 4 is 5.69 Å². The summed E-state index contributed by atoms with van der Waals surface area (Å²) in [5, 5.41) is 7.99. The molecule has 1 aliphatic heterocycles. The molecule has 1 aliphatic rings. The highest BCUT2D eigenvalue weighted by atomic mass is 16.5. The Hall–Kier alpha value is -2.01. The molecule has 23 heavy (non-hydrogen) atoms. The van der Waals surface area contributed by atoms with Gasteiger partial charge in [-0.25, -0.2) is 4.68 Å². The number of rotatable bonds is 6. The smallest absolute Gasteiger partial charge is 0.216 e. The molecule has 0 amide bonds. The van der Waals surface area contributed by atoms with Crippen LogP contribution in [0, 0.1) is 6.92 Å². The summed E-state index contributed by atoms with van der Waals surface area (Å²) in [6.45, 7) is 7.13. The number of para-hydroxylation sites is 1. The minimum atomic E-state index is 0.460. The molecule has 2 heterocycles. The molecule has 0 spiro atoms. The lowest BCUT2D eigenvalue weighted by molar-refractivity contribution is 0.367. The molecule has 0 unspecified atom stereocenters. The zero-order chi connectivity index (χ0) is 16.4. The van der Waals surface area contributed by atoms with Gasteiger partial charge in [0, 0.05) is 38.4 Å². The van der Waals surface area contributed by atoms with E-state index >= 15 is 0 Å².